The standard InChI is InChI=1S/C44H31N4/c1-5-13-29(14-6-1)41-33-27-40(45-28-33)44(32-19-11-4-12-20-32)39-26-25-38(48-39)43(31-17-9-3-10-18-31)37-24-23-36(47-37)42(30-15-7-2-8-16-30)35-22-21-34(41)46-35/h1-28,45-46,48H/b41-34-,42-36?,43-38-,44-39-. The van der Waals surface area contributed by atoms with Crippen molar-refractivity contribution in [2.75, 3.05) is 0 Å². The van der Waals surface area contributed by atoms with Crippen LogP contribution in [-0.4, -0.2) is 15.7 Å². The first-order chi connectivity index (χ1) is 23.8. The Morgan fingerprint density at radius 2 is 0.979 bits per heavy atom. The number of aromatic nitrogens is 2. The molecule has 3 aliphatic rings. The maximum absolute atomic E-state index is 5.35. The maximum atomic E-state index is 5.35. The summed E-state index contributed by atoms with van der Waals surface area (Å²) >= 11 is 0. The number of aliphatic imine (C=N–C) groups is 1. The summed E-state index contributed by atoms with van der Waals surface area (Å²) < 4.78 is 0. The molecule has 0 unspecified atom stereocenters. The van der Waals surface area contributed by atoms with Gasteiger partial charge in [-0.15, -0.1) is 0 Å². The summed E-state index contributed by atoms with van der Waals surface area (Å²) in [6.07, 6.45) is 10.8. The monoisotopic (exact) mass is 615 g/mol. The molecule has 0 saturated carbocycles. The summed E-state index contributed by atoms with van der Waals surface area (Å²) in [6.45, 7) is 0. The zero-order chi connectivity index (χ0) is 31.9. The summed E-state index contributed by atoms with van der Waals surface area (Å²) in [7, 11) is 0. The van der Waals surface area contributed by atoms with Crippen LogP contribution in [0, 0.1) is 6.04 Å². The van der Waals surface area contributed by atoms with Crippen LogP contribution in [0.5, 0.6) is 0 Å². The van der Waals surface area contributed by atoms with Crippen molar-refractivity contribution in [3.05, 3.63) is 232 Å². The SMILES string of the molecule is C1=C/C2=C(\c3ccccc3)c3c[nH]c(c3)/C(c3ccccc3)=c3/cc/c([nH]3)=C(\c3ccccc3)C3=NC(=C(c4ccccc4)[C]1N2)C=C3. The largest absolute Gasteiger partial charge is 0.369 e. The maximum Gasteiger partial charge on any atom is 0.115 e. The summed E-state index contributed by atoms with van der Waals surface area (Å²) in [5.74, 6) is 0. The van der Waals surface area contributed by atoms with E-state index in [-0.39, 0.29) is 0 Å². The first-order valence-electron chi connectivity index (χ1n) is 16.2. The van der Waals surface area contributed by atoms with E-state index in [2.05, 4.69) is 185 Å². The number of fused-ring (bicyclic) bond motifs is 7. The first kappa shape index (κ1) is 27.9. The number of nitrogens with zero attached hydrogens (tertiary/aromatic N) is 1. The molecule has 4 heteroatoms. The van der Waals surface area contributed by atoms with Crippen molar-refractivity contribution in [1.29, 1.82) is 0 Å². The normalized spacial score (nSPS) is 19.5. The van der Waals surface area contributed by atoms with Gasteiger partial charge in [0.15, 0.2) is 0 Å². The Morgan fingerprint density at radius 3 is 1.60 bits per heavy atom. The summed E-state index contributed by atoms with van der Waals surface area (Å²) in [5, 5.41) is 5.86. The second-order valence-electron chi connectivity index (χ2n) is 12.1. The summed E-state index contributed by atoms with van der Waals surface area (Å²) in [5.41, 5.74) is 13.8. The predicted octanol–water partition coefficient (Wildman–Crippen LogP) is 7.68. The quantitative estimate of drug-likeness (QED) is 0.187. The molecule has 3 N–H and O–H groups in total. The van der Waals surface area contributed by atoms with E-state index < -0.39 is 0 Å². The molecule has 0 aliphatic carbocycles. The van der Waals surface area contributed by atoms with Crippen LogP contribution in [-0.2, 0) is 0 Å². The molecule has 1 radical (unpaired) electrons. The van der Waals surface area contributed by atoms with Gasteiger partial charge in [-0.05, 0) is 64.8 Å². The number of hydrogen-bond acceptors (Lipinski definition) is 2. The minimum absolute atomic E-state index is 0.914. The van der Waals surface area contributed by atoms with Crippen molar-refractivity contribution in [3.8, 4) is 0 Å². The van der Waals surface area contributed by atoms with Gasteiger partial charge in [0.1, 0.15) is 6.04 Å². The zero-order valence-electron chi connectivity index (χ0n) is 26.1. The van der Waals surface area contributed by atoms with Crippen LogP contribution in [0.2, 0.25) is 0 Å². The average molecular weight is 616 g/mol. The molecule has 9 rings (SSSR count). The van der Waals surface area contributed by atoms with Crippen molar-refractivity contribution in [2.45, 2.75) is 0 Å². The van der Waals surface area contributed by atoms with E-state index in [1.54, 1.807) is 0 Å². The molecule has 6 aromatic rings. The number of aromatic amines is 2. The Hall–Kier alpha value is -6.39. The predicted molar refractivity (Wildman–Crippen MR) is 196 cm³/mol. The lowest BCUT2D eigenvalue weighted by Gasteiger charge is -2.18. The minimum Gasteiger partial charge on any atom is -0.369 e. The molecule has 0 spiro atoms. The number of benzene rings is 4. The molecule has 0 amide bonds. The second kappa shape index (κ2) is 11.8. The Kier molecular flexibility index (Phi) is 6.83. The van der Waals surface area contributed by atoms with Crippen LogP contribution in [0.1, 0.15) is 33.5 Å². The summed E-state index contributed by atoms with van der Waals surface area (Å²) in [4.78, 5) is 12.8. The lowest BCUT2D eigenvalue weighted by atomic mass is 9.96. The Balaban J connectivity index is 1.39. The molecule has 2 aromatic heterocycles. The molecule has 4 aromatic carbocycles. The van der Waals surface area contributed by atoms with Gasteiger partial charge in [0.25, 0.3) is 0 Å². The number of H-pyrrole nitrogens is 2. The highest BCUT2D eigenvalue weighted by molar-refractivity contribution is 6.30. The van der Waals surface area contributed by atoms with Crippen LogP contribution in [0.25, 0.3) is 22.3 Å². The fourth-order valence-electron chi connectivity index (χ4n) is 6.93. The van der Waals surface area contributed by atoms with Gasteiger partial charge in [-0.2, -0.15) is 0 Å². The van der Waals surface area contributed by atoms with E-state index in [1.807, 2.05) is 0 Å². The topological polar surface area (TPSA) is 56.0 Å². The molecule has 48 heavy (non-hydrogen) atoms. The fraction of sp³-hybridized carbons (Fsp3) is 0. The second-order valence-corrected chi connectivity index (χ2v) is 12.1. The number of hydrogen-bond donors (Lipinski definition) is 3. The Bertz CT molecular complexity index is 2440. The summed E-state index contributed by atoms with van der Waals surface area (Å²) in [6, 6.07) is 49.9. The van der Waals surface area contributed by atoms with Gasteiger partial charge in [-0.3, -0.25) is 0 Å². The molecule has 0 saturated heterocycles. The van der Waals surface area contributed by atoms with E-state index in [0.29, 0.717) is 0 Å². The lowest BCUT2D eigenvalue weighted by molar-refractivity contribution is 1.00. The molecule has 0 atom stereocenters. The first-order valence-corrected chi connectivity index (χ1v) is 16.2. The van der Waals surface area contributed by atoms with Crippen molar-refractivity contribution < 1.29 is 0 Å². The highest BCUT2D eigenvalue weighted by Crippen LogP contribution is 2.38. The number of allylic oxidation sites excluding steroid dienone is 3. The molecule has 4 nitrogen and oxygen atoms in total. The Morgan fingerprint density at radius 1 is 0.438 bits per heavy atom. The molecule has 227 valence electrons. The number of nitrogens with one attached hydrogen (secondary N) is 3. The number of rotatable bonds is 4. The van der Waals surface area contributed by atoms with Crippen LogP contribution in [0.15, 0.2) is 186 Å². The lowest BCUT2D eigenvalue weighted by Crippen LogP contribution is -2.19. The van der Waals surface area contributed by atoms with Gasteiger partial charge in [-0.1, -0.05) is 121 Å². The Labute approximate surface area is 279 Å². The highest BCUT2D eigenvalue weighted by Gasteiger charge is 2.27. The van der Waals surface area contributed by atoms with Gasteiger partial charge in [-0.25, -0.2) is 4.99 Å². The van der Waals surface area contributed by atoms with Crippen LogP contribution in [0.4, 0.5) is 0 Å². The fourth-order valence-corrected chi connectivity index (χ4v) is 6.93. The van der Waals surface area contributed by atoms with Gasteiger partial charge in [0, 0.05) is 56.1 Å². The van der Waals surface area contributed by atoms with Gasteiger partial charge in [0.05, 0.1) is 11.4 Å². The van der Waals surface area contributed by atoms with Gasteiger partial charge in [0.2, 0.25) is 0 Å². The van der Waals surface area contributed by atoms with E-state index >= 15 is 0 Å². The molecule has 5 heterocycles. The zero-order valence-corrected chi connectivity index (χ0v) is 26.1. The average Bonchev–Trinajstić information content (AvgIpc) is 3.98. The van der Waals surface area contributed by atoms with E-state index in [4.69, 9.17) is 4.99 Å². The van der Waals surface area contributed by atoms with E-state index in [1.165, 1.54) is 0 Å². The third-order valence-corrected chi connectivity index (χ3v) is 9.09. The smallest absolute Gasteiger partial charge is 0.115 e. The third-order valence-electron chi connectivity index (χ3n) is 9.09. The van der Waals surface area contributed by atoms with Crippen molar-refractivity contribution in [1.82, 2.24) is 15.3 Å². The van der Waals surface area contributed by atoms with Gasteiger partial charge >= 0.3 is 0 Å². The van der Waals surface area contributed by atoms with Crippen LogP contribution < -0.4 is 16.0 Å². The minimum atomic E-state index is 0.914. The molecule has 3 aliphatic heterocycles. The van der Waals surface area contributed by atoms with Crippen molar-refractivity contribution >= 4 is 28.0 Å². The van der Waals surface area contributed by atoms with E-state index in [9.17, 15) is 0 Å². The molecular weight excluding hydrogens is 585 g/mol. The molecule has 8 bridgehead atoms. The molecule has 0 fully saturated rings. The van der Waals surface area contributed by atoms with Crippen molar-refractivity contribution in [3.63, 3.8) is 0 Å². The highest BCUT2D eigenvalue weighted by atomic mass is 15.0. The van der Waals surface area contributed by atoms with Crippen molar-refractivity contribution in [2.24, 2.45) is 4.99 Å². The van der Waals surface area contributed by atoms with Crippen LogP contribution in [0.3, 0.4) is 0 Å². The van der Waals surface area contributed by atoms with Gasteiger partial charge < -0.3 is 15.3 Å². The van der Waals surface area contributed by atoms with Crippen LogP contribution >= 0.6 is 0 Å². The van der Waals surface area contributed by atoms with E-state index in [0.717, 1.165) is 89.6 Å². The third kappa shape index (κ3) is 4.91. The molecular formula is C44H31N4.